The Morgan fingerprint density at radius 2 is 1.93 bits per heavy atom. The second-order valence-electron chi connectivity index (χ2n) is 2.43. The highest BCUT2D eigenvalue weighted by molar-refractivity contribution is 6.35. The van der Waals surface area contributed by atoms with Gasteiger partial charge in [-0.05, 0) is 12.1 Å². The van der Waals surface area contributed by atoms with Crippen LogP contribution < -0.4 is 4.65 Å². The molecule has 0 spiro atoms. The molecule has 0 radical (unpaired) electrons. The van der Waals surface area contributed by atoms with Crippen molar-refractivity contribution < 1.29 is 27.9 Å². The number of hydrogen-bond acceptors (Lipinski definition) is 4. The zero-order valence-electron chi connectivity index (χ0n) is 6.99. The first-order valence-corrected chi connectivity index (χ1v) is 3.95. The molecule has 0 aliphatic heterocycles. The van der Waals surface area contributed by atoms with Crippen LogP contribution in [0.4, 0.5) is 13.2 Å². The molecule has 0 amide bonds. The first-order valence-electron chi connectivity index (χ1n) is 3.57. The van der Waals surface area contributed by atoms with Crippen molar-refractivity contribution in [2.75, 3.05) is 0 Å². The van der Waals surface area contributed by atoms with Crippen molar-refractivity contribution in [3.63, 3.8) is 0 Å². The summed E-state index contributed by atoms with van der Waals surface area (Å²) in [6.07, 6.45) is -4.61. The van der Waals surface area contributed by atoms with Crippen molar-refractivity contribution in [2.24, 2.45) is 0 Å². The summed E-state index contributed by atoms with van der Waals surface area (Å²) in [4.78, 5) is 2.99. The van der Waals surface area contributed by atoms with Gasteiger partial charge in [0.25, 0.3) is 0 Å². The molecule has 1 aromatic heterocycles. The summed E-state index contributed by atoms with van der Waals surface area (Å²) in [7, 11) is -2.17. The quantitative estimate of drug-likeness (QED) is 0.601. The smallest absolute Gasteiger partial charge is 0.509 e. The van der Waals surface area contributed by atoms with E-state index >= 15 is 0 Å². The Balaban J connectivity index is 2.98. The highest BCUT2D eigenvalue weighted by Gasteiger charge is 2.33. The van der Waals surface area contributed by atoms with Gasteiger partial charge in [0.2, 0.25) is 0 Å². The summed E-state index contributed by atoms with van der Waals surface area (Å²) < 4.78 is 40.6. The standard InChI is InChI=1S/C6H4BClF3NO3/c8-5-3(15-7(13)14)1-2-4(12-5)6(9,10)11/h1-2,13-14H. The molecular formula is C6H4BClF3NO3. The third kappa shape index (κ3) is 3.26. The molecule has 1 heterocycles. The summed E-state index contributed by atoms with van der Waals surface area (Å²) in [5.41, 5.74) is -1.19. The van der Waals surface area contributed by atoms with Crippen molar-refractivity contribution in [3.05, 3.63) is 23.0 Å². The Labute approximate surface area is 87.4 Å². The van der Waals surface area contributed by atoms with E-state index in [1.807, 2.05) is 0 Å². The second-order valence-corrected chi connectivity index (χ2v) is 2.79. The Hall–Kier alpha value is -0.985. The van der Waals surface area contributed by atoms with Gasteiger partial charge in [-0.3, -0.25) is 0 Å². The van der Waals surface area contributed by atoms with Crippen molar-refractivity contribution in [1.29, 1.82) is 0 Å². The lowest BCUT2D eigenvalue weighted by Crippen LogP contribution is -2.21. The van der Waals surface area contributed by atoms with Crippen LogP contribution in [0, 0.1) is 0 Å². The molecule has 0 atom stereocenters. The van der Waals surface area contributed by atoms with E-state index in [4.69, 9.17) is 21.6 Å². The molecule has 0 aromatic carbocycles. The minimum absolute atomic E-state index is 0.348. The van der Waals surface area contributed by atoms with Crippen LogP contribution in [0.3, 0.4) is 0 Å². The summed E-state index contributed by atoms with van der Waals surface area (Å²) in [5.74, 6) is -0.348. The summed E-state index contributed by atoms with van der Waals surface area (Å²) in [6, 6.07) is 1.46. The van der Waals surface area contributed by atoms with Gasteiger partial charge in [-0.25, -0.2) is 4.98 Å². The number of hydrogen-bond donors (Lipinski definition) is 2. The van der Waals surface area contributed by atoms with Gasteiger partial charge in [-0.1, -0.05) is 11.6 Å². The lowest BCUT2D eigenvalue weighted by atomic mass is 10.2. The molecule has 0 bridgehead atoms. The third-order valence-corrected chi connectivity index (χ3v) is 1.61. The van der Waals surface area contributed by atoms with E-state index in [0.717, 1.165) is 6.07 Å². The number of nitrogens with zero attached hydrogens (tertiary/aromatic N) is 1. The van der Waals surface area contributed by atoms with Gasteiger partial charge in [0, 0.05) is 0 Å². The Morgan fingerprint density at radius 3 is 2.33 bits per heavy atom. The molecule has 0 aliphatic rings. The van der Waals surface area contributed by atoms with E-state index in [2.05, 4.69) is 9.64 Å². The largest absolute Gasteiger partial charge is 0.707 e. The zero-order valence-corrected chi connectivity index (χ0v) is 7.75. The van der Waals surface area contributed by atoms with Gasteiger partial charge in [-0.15, -0.1) is 0 Å². The fourth-order valence-corrected chi connectivity index (χ4v) is 0.979. The van der Waals surface area contributed by atoms with Gasteiger partial charge in [0.1, 0.15) is 11.4 Å². The van der Waals surface area contributed by atoms with Gasteiger partial charge in [-0.2, -0.15) is 13.2 Å². The van der Waals surface area contributed by atoms with Crippen molar-refractivity contribution >= 4 is 18.9 Å². The van der Waals surface area contributed by atoms with Crippen LogP contribution >= 0.6 is 11.6 Å². The molecule has 1 rings (SSSR count). The molecule has 15 heavy (non-hydrogen) atoms. The second kappa shape index (κ2) is 4.25. The number of rotatable bonds is 2. The number of alkyl halides is 3. The molecule has 9 heteroatoms. The zero-order chi connectivity index (χ0) is 11.6. The molecule has 0 fully saturated rings. The van der Waals surface area contributed by atoms with Gasteiger partial charge >= 0.3 is 13.5 Å². The number of aromatic nitrogens is 1. The lowest BCUT2D eigenvalue weighted by Gasteiger charge is -2.09. The van der Waals surface area contributed by atoms with Gasteiger partial charge < -0.3 is 14.7 Å². The highest BCUT2D eigenvalue weighted by atomic mass is 35.5. The van der Waals surface area contributed by atoms with Crippen molar-refractivity contribution in [3.8, 4) is 5.75 Å². The number of pyridine rings is 1. The summed E-state index contributed by atoms with van der Waals surface area (Å²) in [5, 5.41) is 16.2. The third-order valence-electron chi connectivity index (χ3n) is 1.34. The predicted octanol–water partition coefficient (Wildman–Crippen LogP) is 1.10. The number of halogens is 4. The highest BCUT2D eigenvalue weighted by Crippen LogP contribution is 2.31. The van der Waals surface area contributed by atoms with E-state index in [1.165, 1.54) is 0 Å². The van der Waals surface area contributed by atoms with Gasteiger partial charge in [0.05, 0.1) is 0 Å². The molecule has 0 unspecified atom stereocenters. The molecule has 82 valence electrons. The Bertz CT molecular complexity index is 360. The SMILES string of the molecule is OB(O)Oc1ccc(C(F)(F)F)nc1Cl. The van der Waals surface area contributed by atoms with Crippen LogP contribution in [0.1, 0.15) is 5.69 Å². The first kappa shape index (κ1) is 12.1. The van der Waals surface area contributed by atoms with Crippen LogP contribution in [-0.4, -0.2) is 22.4 Å². The van der Waals surface area contributed by atoms with Crippen LogP contribution in [0.25, 0.3) is 0 Å². The van der Waals surface area contributed by atoms with E-state index in [0.29, 0.717) is 6.07 Å². The van der Waals surface area contributed by atoms with E-state index in [9.17, 15) is 13.2 Å². The molecule has 4 nitrogen and oxygen atoms in total. The van der Waals surface area contributed by atoms with Crippen LogP contribution in [0.2, 0.25) is 5.15 Å². The van der Waals surface area contributed by atoms with Crippen molar-refractivity contribution in [2.45, 2.75) is 6.18 Å². The lowest BCUT2D eigenvalue weighted by molar-refractivity contribution is -0.141. The monoisotopic (exact) mass is 241 g/mol. The topological polar surface area (TPSA) is 62.6 Å². The fraction of sp³-hybridized carbons (Fsp3) is 0.167. The minimum Gasteiger partial charge on any atom is -0.509 e. The predicted molar refractivity (Wildman–Crippen MR) is 45.1 cm³/mol. The molecular weight excluding hydrogens is 237 g/mol. The Morgan fingerprint density at radius 1 is 1.33 bits per heavy atom. The first-order chi connectivity index (χ1) is 6.80. The molecule has 1 aromatic rings. The van der Waals surface area contributed by atoms with Crippen LogP contribution in [0.5, 0.6) is 5.75 Å². The maximum absolute atomic E-state index is 12.1. The average Bonchev–Trinajstić information content (AvgIpc) is 2.05. The molecule has 0 saturated heterocycles. The minimum atomic E-state index is -4.61. The maximum Gasteiger partial charge on any atom is 0.707 e. The van der Waals surface area contributed by atoms with Crippen LogP contribution in [-0.2, 0) is 6.18 Å². The molecule has 2 N–H and O–H groups in total. The van der Waals surface area contributed by atoms with E-state index in [1.54, 1.807) is 0 Å². The molecule has 0 aliphatic carbocycles. The Kier molecular flexibility index (Phi) is 3.43. The summed E-state index contributed by atoms with van der Waals surface area (Å²) >= 11 is 5.32. The maximum atomic E-state index is 12.1. The molecule has 0 saturated carbocycles. The summed E-state index contributed by atoms with van der Waals surface area (Å²) in [6.45, 7) is 0. The van der Waals surface area contributed by atoms with Crippen LogP contribution in [0.15, 0.2) is 12.1 Å². The van der Waals surface area contributed by atoms with E-state index in [-0.39, 0.29) is 5.75 Å². The normalized spacial score (nSPS) is 11.3. The van der Waals surface area contributed by atoms with Gasteiger partial charge in [0.15, 0.2) is 5.15 Å². The fourth-order valence-electron chi connectivity index (χ4n) is 0.781. The van der Waals surface area contributed by atoms with Crippen molar-refractivity contribution in [1.82, 2.24) is 4.98 Å². The van der Waals surface area contributed by atoms with E-state index < -0.39 is 24.3 Å². The average molecular weight is 241 g/mol.